The highest BCUT2D eigenvalue weighted by Gasteiger charge is 2.25. The number of hydrogen-bond donors (Lipinski definition) is 1. The van der Waals surface area contributed by atoms with Crippen LogP contribution < -0.4 is 10.1 Å². The molecule has 0 saturated carbocycles. The predicted molar refractivity (Wildman–Crippen MR) is 94.5 cm³/mol. The van der Waals surface area contributed by atoms with E-state index < -0.39 is 0 Å². The van der Waals surface area contributed by atoms with Crippen LogP contribution in [0.25, 0.3) is 11.5 Å². The zero-order chi connectivity index (χ0) is 17.1. The van der Waals surface area contributed by atoms with Gasteiger partial charge in [-0.05, 0) is 43.4 Å². The van der Waals surface area contributed by atoms with Crippen molar-refractivity contribution in [3.63, 3.8) is 0 Å². The number of likely N-dealkylation sites (N-methyl/N-ethyl adjacent to an activating group) is 1. The fraction of sp³-hybridized carbons (Fsp3) is 0.263. The van der Waals surface area contributed by atoms with E-state index >= 15 is 0 Å². The first-order valence-corrected chi connectivity index (χ1v) is 8.37. The molecule has 2 heterocycles. The maximum atomic E-state index is 5.80. The molecule has 25 heavy (non-hydrogen) atoms. The number of rotatable bonds is 4. The Morgan fingerprint density at radius 2 is 1.84 bits per heavy atom. The molecule has 0 amide bonds. The van der Waals surface area contributed by atoms with Crippen LogP contribution >= 0.6 is 0 Å². The molecule has 6 nitrogen and oxygen atoms in total. The summed E-state index contributed by atoms with van der Waals surface area (Å²) >= 11 is 0. The van der Waals surface area contributed by atoms with Crippen LogP contribution in [-0.4, -0.2) is 41.7 Å². The lowest BCUT2D eigenvalue weighted by atomic mass is 10.2. The van der Waals surface area contributed by atoms with Gasteiger partial charge in [-0.15, -0.1) is 0 Å². The molecule has 1 fully saturated rings. The maximum Gasteiger partial charge on any atom is 0.257 e. The molecule has 2 aromatic carbocycles. The second-order valence-corrected chi connectivity index (χ2v) is 6.10. The highest BCUT2D eigenvalue weighted by atomic mass is 16.5. The van der Waals surface area contributed by atoms with Crippen molar-refractivity contribution < 1.29 is 9.26 Å². The van der Waals surface area contributed by atoms with Crippen LogP contribution in [0.5, 0.6) is 11.5 Å². The smallest absolute Gasteiger partial charge is 0.257 e. The van der Waals surface area contributed by atoms with Crippen molar-refractivity contribution in [2.24, 2.45) is 0 Å². The van der Waals surface area contributed by atoms with Gasteiger partial charge in [0.1, 0.15) is 11.5 Å². The number of ether oxygens (including phenoxy) is 1. The second kappa shape index (κ2) is 7.04. The van der Waals surface area contributed by atoms with E-state index in [1.165, 1.54) is 0 Å². The van der Waals surface area contributed by atoms with Crippen molar-refractivity contribution in [3.8, 4) is 23.0 Å². The Bertz CT molecular complexity index is 817. The summed E-state index contributed by atoms with van der Waals surface area (Å²) in [5.74, 6) is 2.82. The van der Waals surface area contributed by atoms with Crippen LogP contribution in [0.4, 0.5) is 0 Å². The Morgan fingerprint density at radius 3 is 2.60 bits per heavy atom. The van der Waals surface area contributed by atoms with Gasteiger partial charge in [-0.3, -0.25) is 4.90 Å². The quantitative estimate of drug-likeness (QED) is 0.790. The van der Waals surface area contributed by atoms with E-state index in [4.69, 9.17) is 9.26 Å². The van der Waals surface area contributed by atoms with Crippen molar-refractivity contribution >= 4 is 0 Å². The lowest BCUT2D eigenvalue weighted by Gasteiger charge is -2.30. The lowest BCUT2D eigenvalue weighted by molar-refractivity contribution is 0.190. The molecule has 1 unspecified atom stereocenters. The van der Waals surface area contributed by atoms with Crippen LogP contribution in [0.3, 0.4) is 0 Å². The lowest BCUT2D eigenvalue weighted by Crippen LogP contribution is -2.44. The molecule has 1 aliphatic heterocycles. The molecule has 0 bridgehead atoms. The number of nitrogens with one attached hydrogen (secondary N) is 1. The standard InChI is InChI=1S/C19H20N4O2/c1-23-12-11-20-13-17(23)18-21-19(25-22-18)14-7-9-16(10-8-14)24-15-5-3-2-4-6-15/h2-10,17,20H,11-13H2,1H3. The number of hydrogen-bond acceptors (Lipinski definition) is 6. The average molecular weight is 336 g/mol. The molecule has 0 aliphatic carbocycles. The molecule has 6 heteroatoms. The first-order valence-electron chi connectivity index (χ1n) is 8.37. The molecule has 1 N–H and O–H groups in total. The van der Waals surface area contributed by atoms with E-state index in [1.54, 1.807) is 0 Å². The van der Waals surface area contributed by atoms with Crippen molar-refractivity contribution in [2.75, 3.05) is 26.7 Å². The molecule has 0 spiro atoms. The summed E-state index contributed by atoms with van der Waals surface area (Å²) in [6.07, 6.45) is 0. The van der Waals surface area contributed by atoms with Crippen molar-refractivity contribution in [1.29, 1.82) is 0 Å². The summed E-state index contributed by atoms with van der Waals surface area (Å²) in [4.78, 5) is 6.81. The monoisotopic (exact) mass is 336 g/mol. The van der Waals surface area contributed by atoms with Crippen LogP contribution in [0, 0.1) is 0 Å². The SMILES string of the molecule is CN1CCNCC1c1noc(-c2ccc(Oc3ccccc3)cc2)n1. The van der Waals surface area contributed by atoms with Gasteiger partial charge in [0.2, 0.25) is 0 Å². The zero-order valence-electron chi connectivity index (χ0n) is 14.1. The second-order valence-electron chi connectivity index (χ2n) is 6.10. The Hall–Kier alpha value is -2.70. The molecule has 0 radical (unpaired) electrons. The minimum absolute atomic E-state index is 0.145. The third-order valence-corrected chi connectivity index (χ3v) is 4.33. The highest BCUT2D eigenvalue weighted by molar-refractivity contribution is 5.54. The Balaban J connectivity index is 1.49. The van der Waals surface area contributed by atoms with E-state index in [2.05, 4.69) is 27.4 Å². The van der Waals surface area contributed by atoms with Gasteiger partial charge in [0.05, 0.1) is 6.04 Å². The fourth-order valence-electron chi connectivity index (χ4n) is 2.87. The van der Waals surface area contributed by atoms with Gasteiger partial charge in [0.25, 0.3) is 5.89 Å². The number of piperazine rings is 1. The van der Waals surface area contributed by atoms with Gasteiger partial charge in [-0.25, -0.2) is 0 Å². The van der Waals surface area contributed by atoms with E-state index in [1.807, 2.05) is 54.6 Å². The molecule has 1 aliphatic rings. The number of nitrogens with zero attached hydrogens (tertiary/aromatic N) is 3. The summed E-state index contributed by atoms with van der Waals surface area (Å²) in [5.41, 5.74) is 0.880. The third kappa shape index (κ3) is 3.55. The van der Waals surface area contributed by atoms with Crippen LogP contribution in [0.1, 0.15) is 11.9 Å². The Kier molecular flexibility index (Phi) is 4.45. The van der Waals surface area contributed by atoms with Crippen molar-refractivity contribution in [1.82, 2.24) is 20.4 Å². The molecule has 4 rings (SSSR count). The van der Waals surface area contributed by atoms with Gasteiger partial charge in [0.15, 0.2) is 5.82 Å². The fourth-order valence-corrected chi connectivity index (χ4v) is 2.87. The predicted octanol–water partition coefficient (Wildman–Crippen LogP) is 3.11. The molecule has 1 aromatic heterocycles. The summed E-state index contributed by atoms with van der Waals surface area (Å²) in [5, 5.41) is 7.52. The molecule has 1 saturated heterocycles. The van der Waals surface area contributed by atoms with Gasteiger partial charge < -0.3 is 14.6 Å². The van der Waals surface area contributed by atoms with E-state index in [9.17, 15) is 0 Å². The maximum absolute atomic E-state index is 5.80. The third-order valence-electron chi connectivity index (χ3n) is 4.33. The van der Waals surface area contributed by atoms with E-state index in [0.29, 0.717) is 11.7 Å². The normalized spacial score (nSPS) is 18.2. The number of benzene rings is 2. The summed E-state index contributed by atoms with van der Waals surface area (Å²) in [7, 11) is 2.08. The van der Waals surface area contributed by atoms with Crippen molar-refractivity contribution in [2.45, 2.75) is 6.04 Å². The first-order chi connectivity index (χ1) is 12.3. The van der Waals surface area contributed by atoms with E-state index in [-0.39, 0.29) is 6.04 Å². The molecule has 3 aromatic rings. The van der Waals surface area contributed by atoms with Gasteiger partial charge in [0, 0.05) is 25.2 Å². The van der Waals surface area contributed by atoms with Crippen LogP contribution in [0.2, 0.25) is 0 Å². The summed E-state index contributed by atoms with van der Waals surface area (Å²) < 4.78 is 11.3. The highest BCUT2D eigenvalue weighted by Crippen LogP contribution is 2.26. The molecule has 1 atom stereocenters. The first kappa shape index (κ1) is 15.8. The number of aromatic nitrogens is 2. The van der Waals surface area contributed by atoms with Crippen molar-refractivity contribution in [3.05, 3.63) is 60.4 Å². The van der Waals surface area contributed by atoms with E-state index in [0.717, 1.165) is 36.7 Å². The molecular weight excluding hydrogens is 316 g/mol. The van der Waals surface area contributed by atoms with Gasteiger partial charge in [-0.2, -0.15) is 4.98 Å². The number of para-hydroxylation sites is 1. The zero-order valence-corrected chi connectivity index (χ0v) is 14.1. The minimum atomic E-state index is 0.145. The van der Waals surface area contributed by atoms with Gasteiger partial charge >= 0.3 is 0 Å². The Labute approximate surface area is 146 Å². The van der Waals surface area contributed by atoms with Crippen LogP contribution in [0.15, 0.2) is 59.1 Å². The minimum Gasteiger partial charge on any atom is -0.457 e. The Morgan fingerprint density at radius 1 is 1.08 bits per heavy atom. The molecule has 128 valence electrons. The average Bonchev–Trinajstić information content (AvgIpc) is 3.13. The topological polar surface area (TPSA) is 63.4 Å². The largest absolute Gasteiger partial charge is 0.457 e. The van der Waals surface area contributed by atoms with Crippen LogP contribution in [-0.2, 0) is 0 Å². The summed E-state index contributed by atoms with van der Waals surface area (Å²) in [6.45, 7) is 2.79. The molecular formula is C19H20N4O2. The summed E-state index contributed by atoms with van der Waals surface area (Å²) in [6, 6.07) is 17.5. The van der Waals surface area contributed by atoms with Gasteiger partial charge in [-0.1, -0.05) is 23.4 Å².